The number of esters is 1. The summed E-state index contributed by atoms with van der Waals surface area (Å²) in [7, 11) is 0. The standard InChI is InChI=1S/C34H30N4O2/c39-34-32(35-33(40-34)26-10-4-1-5-11-26)24-25-16-18-27(19-17-25)36-37-28-20-22-31(23-21-28)38(29-12-6-2-7-13-29)30-14-8-3-9-15-30/h2-3,6-9,12-24,26H,1,4-5,10-11H2/b32-24-,37-36?. The lowest BCUT2D eigenvalue weighted by atomic mass is 9.89. The van der Waals surface area contributed by atoms with Gasteiger partial charge in [0.1, 0.15) is 0 Å². The first-order valence-corrected chi connectivity index (χ1v) is 13.8. The van der Waals surface area contributed by atoms with E-state index in [4.69, 9.17) is 4.74 Å². The van der Waals surface area contributed by atoms with Gasteiger partial charge in [-0.1, -0.05) is 67.8 Å². The average molecular weight is 527 g/mol. The van der Waals surface area contributed by atoms with Crippen LogP contribution in [-0.4, -0.2) is 11.9 Å². The van der Waals surface area contributed by atoms with Crippen LogP contribution in [0.15, 0.2) is 130 Å². The summed E-state index contributed by atoms with van der Waals surface area (Å²) in [6, 6.07) is 36.2. The summed E-state index contributed by atoms with van der Waals surface area (Å²) in [5.41, 5.74) is 5.91. The van der Waals surface area contributed by atoms with E-state index in [2.05, 4.69) is 44.4 Å². The maximum atomic E-state index is 12.3. The minimum absolute atomic E-state index is 0.264. The van der Waals surface area contributed by atoms with Gasteiger partial charge in [0.05, 0.1) is 11.4 Å². The van der Waals surface area contributed by atoms with E-state index in [1.165, 1.54) is 19.3 Å². The Bertz CT molecular complexity index is 1500. The van der Waals surface area contributed by atoms with Gasteiger partial charge in [-0.3, -0.25) is 0 Å². The first-order chi connectivity index (χ1) is 19.7. The number of carbonyl (C=O) groups is 1. The van der Waals surface area contributed by atoms with Gasteiger partial charge in [-0.15, -0.1) is 0 Å². The molecule has 1 saturated carbocycles. The molecule has 0 aromatic heterocycles. The highest BCUT2D eigenvalue weighted by atomic mass is 16.6. The first-order valence-electron chi connectivity index (χ1n) is 13.8. The highest BCUT2D eigenvalue weighted by molar-refractivity contribution is 6.07. The van der Waals surface area contributed by atoms with Crippen LogP contribution in [0.1, 0.15) is 37.7 Å². The molecule has 1 heterocycles. The number of hydrogen-bond donors (Lipinski definition) is 0. The van der Waals surface area contributed by atoms with Gasteiger partial charge in [0.15, 0.2) is 5.70 Å². The molecule has 1 aliphatic carbocycles. The largest absolute Gasteiger partial charge is 0.406 e. The van der Waals surface area contributed by atoms with Crippen LogP contribution in [0.5, 0.6) is 0 Å². The molecule has 4 aromatic rings. The van der Waals surface area contributed by atoms with Crippen LogP contribution in [0.25, 0.3) is 6.08 Å². The van der Waals surface area contributed by atoms with Crippen molar-refractivity contribution in [2.24, 2.45) is 21.1 Å². The smallest absolute Gasteiger partial charge is 0.363 e. The maximum absolute atomic E-state index is 12.3. The molecular weight excluding hydrogens is 496 g/mol. The molecule has 40 heavy (non-hydrogen) atoms. The Morgan fingerprint density at radius 3 is 1.77 bits per heavy atom. The minimum atomic E-state index is -0.370. The number of azo groups is 1. The number of nitrogens with zero attached hydrogens (tertiary/aromatic N) is 4. The summed E-state index contributed by atoms with van der Waals surface area (Å²) in [6.45, 7) is 0. The molecule has 0 bridgehead atoms. The Kier molecular flexibility index (Phi) is 7.57. The fourth-order valence-corrected chi connectivity index (χ4v) is 5.13. The van der Waals surface area contributed by atoms with Gasteiger partial charge in [-0.2, -0.15) is 10.2 Å². The van der Waals surface area contributed by atoms with Gasteiger partial charge in [0, 0.05) is 23.0 Å². The van der Waals surface area contributed by atoms with Crippen LogP contribution in [0.3, 0.4) is 0 Å². The third-order valence-electron chi connectivity index (χ3n) is 7.21. The zero-order chi connectivity index (χ0) is 27.1. The lowest BCUT2D eigenvalue weighted by molar-refractivity contribution is -0.130. The monoisotopic (exact) mass is 526 g/mol. The molecule has 0 saturated heterocycles. The second-order valence-corrected chi connectivity index (χ2v) is 10.0. The Hall–Kier alpha value is -4.84. The van der Waals surface area contributed by atoms with Crippen molar-refractivity contribution in [2.45, 2.75) is 32.1 Å². The predicted molar refractivity (Wildman–Crippen MR) is 160 cm³/mol. The Morgan fingerprint density at radius 2 is 1.20 bits per heavy atom. The van der Waals surface area contributed by atoms with Gasteiger partial charge < -0.3 is 9.64 Å². The second-order valence-electron chi connectivity index (χ2n) is 10.0. The zero-order valence-corrected chi connectivity index (χ0v) is 22.2. The number of anilines is 3. The molecule has 0 radical (unpaired) electrons. The summed E-state index contributed by atoms with van der Waals surface area (Å²) >= 11 is 0. The van der Waals surface area contributed by atoms with E-state index >= 15 is 0 Å². The molecule has 6 rings (SSSR count). The molecule has 6 nitrogen and oxygen atoms in total. The van der Waals surface area contributed by atoms with Crippen molar-refractivity contribution in [3.8, 4) is 0 Å². The average Bonchev–Trinajstić information content (AvgIpc) is 3.39. The fourth-order valence-electron chi connectivity index (χ4n) is 5.13. The zero-order valence-electron chi connectivity index (χ0n) is 22.2. The van der Waals surface area contributed by atoms with Crippen molar-refractivity contribution in [1.82, 2.24) is 0 Å². The molecular formula is C34H30N4O2. The number of cyclic esters (lactones) is 1. The van der Waals surface area contributed by atoms with Crippen LogP contribution in [0, 0.1) is 5.92 Å². The molecule has 1 aliphatic heterocycles. The quantitative estimate of drug-likeness (QED) is 0.137. The molecule has 4 aromatic carbocycles. The van der Waals surface area contributed by atoms with Crippen molar-refractivity contribution in [2.75, 3.05) is 4.90 Å². The van der Waals surface area contributed by atoms with Crippen molar-refractivity contribution in [3.63, 3.8) is 0 Å². The molecule has 0 unspecified atom stereocenters. The first kappa shape index (κ1) is 25.4. The number of rotatable bonds is 7. The van der Waals surface area contributed by atoms with Crippen LogP contribution < -0.4 is 4.90 Å². The van der Waals surface area contributed by atoms with Gasteiger partial charge in [0.25, 0.3) is 0 Å². The SMILES string of the molecule is O=C1OC(C2CCCCC2)=N/C1=C\c1ccc(N=Nc2ccc(N(c3ccccc3)c3ccccc3)cc2)cc1. The molecule has 0 amide bonds. The van der Waals surface area contributed by atoms with Crippen molar-refractivity contribution in [1.29, 1.82) is 0 Å². The van der Waals surface area contributed by atoms with Crippen LogP contribution in [0.2, 0.25) is 0 Å². The number of aliphatic imine (C=N–C) groups is 1. The molecule has 198 valence electrons. The maximum Gasteiger partial charge on any atom is 0.363 e. The van der Waals surface area contributed by atoms with Crippen molar-refractivity contribution >= 4 is 46.4 Å². The van der Waals surface area contributed by atoms with Crippen LogP contribution in [0.4, 0.5) is 28.4 Å². The van der Waals surface area contributed by atoms with Crippen molar-refractivity contribution < 1.29 is 9.53 Å². The van der Waals surface area contributed by atoms with E-state index < -0.39 is 0 Å². The number of benzene rings is 4. The Morgan fingerprint density at radius 1 is 0.675 bits per heavy atom. The second kappa shape index (κ2) is 11.9. The van der Waals surface area contributed by atoms with E-state index in [0.29, 0.717) is 11.6 Å². The Balaban J connectivity index is 1.14. The summed E-state index contributed by atoms with van der Waals surface area (Å²) in [6.07, 6.45) is 7.43. The van der Waals surface area contributed by atoms with Crippen LogP contribution >= 0.6 is 0 Å². The molecule has 0 N–H and O–H groups in total. The highest BCUT2D eigenvalue weighted by Crippen LogP contribution is 2.35. The van der Waals surface area contributed by atoms with Gasteiger partial charge in [0.2, 0.25) is 5.90 Å². The van der Waals surface area contributed by atoms with E-state index in [1.807, 2.05) is 84.9 Å². The normalized spacial score (nSPS) is 16.8. The van der Waals surface area contributed by atoms with Gasteiger partial charge in [-0.05, 0) is 85.1 Å². The number of hydrogen-bond acceptors (Lipinski definition) is 6. The van der Waals surface area contributed by atoms with Gasteiger partial charge >= 0.3 is 5.97 Å². The fraction of sp³-hybridized carbons (Fsp3) is 0.176. The lowest BCUT2D eigenvalue weighted by Crippen LogP contribution is -2.19. The van der Waals surface area contributed by atoms with Gasteiger partial charge in [-0.25, -0.2) is 9.79 Å². The summed E-state index contributed by atoms with van der Waals surface area (Å²) in [5.74, 6) is 0.481. The molecule has 0 atom stereocenters. The lowest BCUT2D eigenvalue weighted by Gasteiger charge is -2.25. The summed E-state index contributed by atoms with van der Waals surface area (Å²) in [4.78, 5) is 19.1. The van der Waals surface area contributed by atoms with E-state index in [1.54, 1.807) is 6.08 Å². The highest BCUT2D eigenvalue weighted by Gasteiger charge is 2.30. The summed E-state index contributed by atoms with van der Waals surface area (Å²) < 4.78 is 5.48. The third kappa shape index (κ3) is 5.91. The topological polar surface area (TPSA) is 66.6 Å². The molecule has 0 spiro atoms. The molecule has 1 fully saturated rings. The van der Waals surface area contributed by atoms with E-state index in [0.717, 1.165) is 46.8 Å². The van der Waals surface area contributed by atoms with Crippen LogP contribution in [-0.2, 0) is 9.53 Å². The number of carbonyl (C=O) groups excluding carboxylic acids is 1. The number of para-hydroxylation sites is 2. The third-order valence-corrected chi connectivity index (χ3v) is 7.21. The van der Waals surface area contributed by atoms with E-state index in [-0.39, 0.29) is 11.9 Å². The number of ether oxygens (including phenoxy) is 1. The molecule has 6 heteroatoms. The van der Waals surface area contributed by atoms with E-state index in [9.17, 15) is 4.79 Å². The summed E-state index contributed by atoms with van der Waals surface area (Å²) in [5, 5.41) is 8.82. The predicted octanol–water partition coefficient (Wildman–Crippen LogP) is 9.45. The minimum Gasteiger partial charge on any atom is -0.406 e. The Labute approximate surface area is 234 Å². The molecule has 2 aliphatic rings. The van der Waals surface area contributed by atoms with Crippen molar-refractivity contribution in [3.05, 3.63) is 120 Å².